The first-order valence-corrected chi connectivity index (χ1v) is 9.37. The molecule has 3 heterocycles. The molecule has 1 aliphatic rings. The van der Waals surface area contributed by atoms with Gasteiger partial charge in [-0.3, -0.25) is 4.90 Å². The predicted molar refractivity (Wildman–Crippen MR) is 109 cm³/mol. The quantitative estimate of drug-likeness (QED) is 0.770. The summed E-state index contributed by atoms with van der Waals surface area (Å²) in [6, 6.07) is 10.2. The number of imidazole rings is 1. The van der Waals surface area contributed by atoms with Crippen LogP contribution in [0.15, 0.2) is 36.5 Å². The number of hydrogen-bond donors (Lipinski definition) is 1. The lowest BCUT2D eigenvalue weighted by molar-refractivity contribution is 0.147. The fourth-order valence-electron chi connectivity index (χ4n) is 3.74. The highest BCUT2D eigenvalue weighted by Crippen LogP contribution is 2.30. The molecule has 6 nitrogen and oxygen atoms in total. The number of nitrogen functional groups attached to an aromatic ring is 1. The average Bonchev–Trinajstić information content (AvgIpc) is 3.01. The van der Waals surface area contributed by atoms with Crippen molar-refractivity contribution in [3.63, 3.8) is 0 Å². The van der Waals surface area contributed by atoms with Crippen molar-refractivity contribution in [1.29, 1.82) is 0 Å². The Morgan fingerprint density at radius 1 is 1.11 bits per heavy atom. The van der Waals surface area contributed by atoms with Crippen LogP contribution in [-0.4, -0.2) is 59.5 Å². The number of aryl methyl sites for hydroxylation is 1. The van der Waals surface area contributed by atoms with E-state index in [2.05, 4.69) is 40.3 Å². The maximum atomic E-state index is 6.07. The fraction of sp³-hybridized carbons (Fsp3) is 0.381. The molecule has 142 valence electrons. The van der Waals surface area contributed by atoms with E-state index in [4.69, 9.17) is 15.5 Å². The van der Waals surface area contributed by atoms with Crippen LogP contribution in [0.1, 0.15) is 11.3 Å². The number of aromatic nitrogens is 2. The van der Waals surface area contributed by atoms with Gasteiger partial charge >= 0.3 is 0 Å². The number of rotatable bonds is 4. The van der Waals surface area contributed by atoms with Crippen LogP contribution in [0.2, 0.25) is 0 Å². The Kier molecular flexibility index (Phi) is 4.76. The van der Waals surface area contributed by atoms with Crippen molar-refractivity contribution in [2.75, 3.05) is 46.1 Å². The first kappa shape index (κ1) is 17.8. The smallest absolute Gasteiger partial charge is 0.137 e. The van der Waals surface area contributed by atoms with Crippen LogP contribution in [-0.2, 0) is 6.54 Å². The van der Waals surface area contributed by atoms with E-state index in [0.29, 0.717) is 0 Å². The number of hydrogen-bond acceptors (Lipinski definition) is 5. The van der Waals surface area contributed by atoms with Crippen LogP contribution in [0.4, 0.5) is 5.69 Å². The zero-order chi connectivity index (χ0) is 19.0. The molecule has 0 unspecified atom stereocenters. The highest BCUT2D eigenvalue weighted by molar-refractivity contribution is 5.69. The van der Waals surface area contributed by atoms with E-state index in [1.807, 2.05) is 24.4 Å². The second-order valence-corrected chi connectivity index (χ2v) is 7.36. The lowest BCUT2D eigenvalue weighted by atomic mass is 10.1. The molecule has 0 atom stereocenters. The molecule has 0 bridgehead atoms. The Labute approximate surface area is 160 Å². The molecule has 4 rings (SSSR count). The largest absolute Gasteiger partial charge is 0.496 e. The third-order valence-electron chi connectivity index (χ3n) is 5.38. The number of methoxy groups -OCH3 is 1. The molecule has 0 aliphatic carbocycles. The molecule has 0 amide bonds. The fourth-order valence-corrected chi connectivity index (χ4v) is 3.74. The average molecular weight is 365 g/mol. The Balaban J connectivity index is 1.78. The van der Waals surface area contributed by atoms with Crippen LogP contribution in [0.3, 0.4) is 0 Å². The summed E-state index contributed by atoms with van der Waals surface area (Å²) in [7, 11) is 3.88. The molecule has 1 aromatic carbocycles. The van der Waals surface area contributed by atoms with E-state index in [1.165, 1.54) is 5.69 Å². The number of nitrogens with zero attached hydrogens (tertiary/aromatic N) is 4. The molecular weight excluding hydrogens is 338 g/mol. The molecule has 1 saturated heterocycles. The Bertz CT molecular complexity index is 957. The summed E-state index contributed by atoms with van der Waals surface area (Å²) in [4.78, 5) is 9.79. The molecule has 0 saturated carbocycles. The number of anilines is 1. The Morgan fingerprint density at radius 3 is 2.59 bits per heavy atom. The van der Waals surface area contributed by atoms with E-state index in [1.54, 1.807) is 7.11 Å². The summed E-state index contributed by atoms with van der Waals surface area (Å²) in [6.45, 7) is 7.24. The summed E-state index contributed by atoms with van der Waals surface area (Å²) in [5, 5.41) is 0. The van der Waals surface area contributed by atoms with Gasteiger partial charge in [0, 0.05) is 50.2 Å². The second-order valence-electron chi connectivity index (χ2n) is 7.36. The first-order chi connectivity index (χ1) is 13.0. The molecular formula is C21H27N5O. The van der Waals surface area contributed by atoms with Crippen molar-refractivity contribution in [3.05, 3.63) is 47.8 Å². The number of ether oxygens (including phenoxy) is 1. The zero-order valence-electron chi connectivity index (χ0n) is 16.3. The third kappa shape index (κ3) is 3.50. The highest BCUT2D eigenvalue weighted by Gasteiger charge is 2.20. The second kappa shape index (κ2) is 7.21. The van der Waals surface area contributed by atoms with Crippen molar-refractivity contribution < 1.29 is 4.74 Å². The number of fused-ring (bicyclic) bond motifs is 1. The summed E-state index contributed by atoms with van der Waals surface area (Å²) in [5.74, 6) is 0.896. The number of likely N-dealkylation sites (N-methyl/N-ethyl adjacent to an activating group) is 1. The van der Waals surface area contributed by atoms with Crippen LogP contribution >= 0.6 is 0 Å². The van der Waals surface area contributed by atoms with Crippen molar-refractivity contribution in [2.45, 2.75) is 13.5 Å². The van der Waals surface area contributed by atoms with Gasteiger partial charge in [0.2, 0.25) is 0 Å². The molecule has 27 heavy (non-hydrogen) atoms. The topological polar surface area (TPSA) is 59.0 Å². The number of piperazine rings is 1. The van der Waals surface area contributed by atoms with Gasteiger partial charge < -0.3 is 19.8 Å². The summed E-state index contributed by atoms with van der Waals surface area (Å²) in [6.07, 6.45) is 1.98. The van der Waals surface area contributed by atoms with Crippen LogP contribution in [0.25, 0.3) is 16.9 Å². The van der Waals surface area contributed by atoms with Gasteiger partial charge in [-0.05, 0) is 49.9 Å². The predicted octanol–water partition coefficient (Wildman–Crippen LogP) is 2.65. The summed E-state index contributed by atoms with van der Waals surface area (Å²) >= 11 is 0. The minimum Gasteiger partial charge on any atom is -0.496 e. The molecule has 0 spiro atoms. The molecule has 2 aromatic heterocycles. The van der Waals surface area contributed by atoms with Crippen molar-refractivity contribution in [2.24, 2.45) is 0 Å². The molecule has 2 N–H and O–H groups in total. The summed E-state index contributed by atoms with van der Waals surface area (Å²) < 4.78 is 7.56. The number of nitrogens with two attached hydrogens (primary N) is 1. The highest BCUT2D eigenvalue weighted by atomic mass is 16.5. The maximum absolute atomic E-state index is 6.07. The summed E-state index contributed by atoms with van der Waals surface area (Å²) in [5.41, 5.74) is 12.2. The van der Waals surface area contributed by atoms with E-state index in [0.717, 1.165) is 66.6 Å². The zero-order valence-corrected chi connectivity index (χ0v) is 16.3. The van der Waals surface area contributed by atoms with Gasteiger partial charge in [-0.2, -0.15) is 0 Å². The van der Waals surface area contributed by atoms with Crippen LogP contribution in [0.5, 0.6) is 5.75 Å². The monoisotopic (exact) mass is 365 g/mol. The molecule has 1 fully saturated rings. The van der Waals surface area contributed by atoms with Gasteiger partial charge in [0.05, 0.1) is 18.5 Å². The number of benzene rings is 1. The van der Waals surface area contributed by atoms with E-state index in [9.17, 15) is 0 Å². The molecule has 3 aromatic rings. The van der Waals surface area contributed by atoms with Crippen molar-refractivity contribution >= 4 is 11.3 Å². The standard InChI is InChI=1S/C21H27N5O/c1-15-12-16(4-6-19(15)27-3)21-18(14-25-10-8-24(2)9-11-25)26-13-17(22)5-7-20(26)23-21/h4-7,12-13H,8-11,14,22H2,1-3H3. The van der Waals surface area contributed by atoms with E-state index >= 15 is 0 Å². The van der Waals surface area contributed by atoms with Gasteiger partial charge in [0.15, 0.2) is 0 Å². The SMILES string of the molecule is COc1ccc(-c2nc3ccc(N)cn3c2CN2CCN(C)CC2)cc1C. The Morgan fingerprint density at radius 2 is 1.89 bits per heavy atom. The van der Waals surface area contributed by atoms with Gasteiger partial charge in [0.1, 0.15) is 11.4 Å². The lowest BCUT2D eigenvalue weighted by Crippen LogP contribution is -2.44. The van der Waals surface area contributed by atoms with E-state index in [-0.39, 0.29) is 0 Å². The minimum atomic E-state index is 0.747. The number of pyridine rings is 1. The van der Waals surface area contributed by atoms with Gasteiger partial charge in [-0.1, -0.05) is 0 Å². The van der Waals surface area contributed by atoms with Gasteiger partial charge in [-0.15, -0.1) is 0 Å². The van der Waals surface area contributed by atoms with E-state index < -0.39 is 0 Å². The Hall–Kier alpha value is -2.57. The molecule has 6 heteroatoms. The van der Waals surface area contributed by atoms with Crippen molar-refractivity contribution in [1.82, 2.24) is 19.2 Å². The molecule has 1 aliphatic heterocycles. The first-order valence-electron chi connectivity index (χ1n) is 9.37. The lowest BCUT2D eigenvalue weighted by Gasteiger charge is -2.32. The minimum absolute atomic E-state index is 0.747. The third-order valence-corrected chi connectivity index (χ3v) is 5.38. The maximum Gasteiger partial charge on any atom is 0.137 e. The van der Waals surface area contributed by atoms with Crippen LogP contribution in [0, 0.1) is 6.92 Å². The normalized spacial score (nSPS) is 16.1. The van der Waals surface area contributed by atoms with Gasteiger partial charge in [0.25, 0.3) is 0 Å². The molecule has 0 radical (unpaired) electrons. The van der Waals surface area contributed by atoms with Gasteiger partial charge in [-0.25, -0.2) is 4.98 Å². The van der Waals surface area contributed by atoms with Crippen molar-refractivity contribution in [3.8, 4) is 17.0 Å². The van der Waals surface area contributed by atoms with Crippen LogP contribution < -0.4 is 10.5 Å².